The molecule has 122 valence electrons. The molecule has 7 heteroatoms. The summed E-state index contributed by atoms with van der Waals surface area (Å²) >= 11 is 0. The molecule has 0 aliphatic rings. The molecule has 0 fully saturated rings. The largest absolute Gasteiger partial charge is 0.465 e. The van der Waals surface area contributed by atoms with Crippen molar-refractivity contribution in [3.8, 4) is 0 Å². The number of nitrogens with zero attached hydrogens (tertiary/aromatic N) is 1. The molecule has 0 aliphatic heterocycles. The summed E-state index contributed by atoms with van der Waals surface area (Å²) < 4.78 is 11.0. The van der Waals surface area contributed by atoms with Crippen molar-refractivity contribution in [2.45, 2.75) is 45.9 Å². The summed E-state index contributed by atoms with van der Waals surface area (Å²) in [5, 5.41) is 2.64. The van der Waals surface area contributed by atoms with Gasteiger partial charge < -0.3 is 19.4 Å². The zero-order valence-corrected chi connectivity index (χ0v) is 13.5. The molecule has 0 spiro atoms. The third-order valence-corrected chi connectivity index (χ3v) is 2.66. The van der Waals surface area contributed by atoms with Crippen molar-refractivity contribution >= 4 is 12.1 Å². The number of carbonyl (C=O) groups is 2. The molecule has 0 saturated heterocycles. The topological polar surface area (TPSA) is 86.6 Å². The lowest BCUT2D eigenvalue weighted by atomic mass is 10.2. The maximum Gasteiger partial charge on any atom is 0.407 e. The minimum Gasteiger partial charge on any atom is -0.465 e. The molecule has 1 heterocycles. The first-order chi connectivity index (χ1) is 10.1. The fourth-order valence-corrected chi connectivity index (χ4v) is 1.80. The molecular formula is C15H22N2O5. The number of pyridine rings is 1. The Hall–Kier alpha value is -2.31. The van der Waals surface area contributed by atoms with Crippen LogP contribution in [0.5, 0.6) is 0 Å². The number of hydrogen-bond donors (Lipinski definition) is 1. The highest BCUT2D eigenvalue weighted by atomic mass is 16.6. The summed E-state index contributed by atoms with van der Waals surface area (Å²) in [6.45, 7) is 7.24. The SMILES string of the molecule is COC(=O)c1cccn(CC(C)NC(=O)OC(C)(C)C)c1=O. The van der Waals surface area contributed by atoms with Crippen LogP contribution in [0, 0.1) is 0 Å². The number of amides is 1. The second kappa shape index (κ2) is 7.11. The van der Waals surface area contributed by atoms with Crippen molar-refractivity contribution in [2.24, 2.45) is 0 Å². The number of alkyl carbamates (subject to hydrolysis) is 1. The van der Waals surface area contributed by atoms with Crippen molar-refractivity contribution in [1.82, 2.24) is 9.88 Å². The van der Waals surface area contributed by atoms with Crippen molar-refractivity contribution in [1.29, 1.82) is 0 Å². The highest BCUT2D eigenvalue weighted by Gasteiger charge is 2.18. The predicted octanol–water partition coefficient (Wildman–Crippen LogP) is 1.55. The molecule has 1 aromatic heterocycles. The summed E-state index contributed by atoms with van der Waals surface area (Å²) in [6.07, 6.45) is 0.986. The molecule has 0 aromatic carbocycles. The van der Waals surface area contributed by atoms with E-state index in [-0.39, 0.29) is 18.2 Å². The molecule has 1 aromatic rings. The van der Waals surface area contributed by atoms with Crippen LogP contribution >= 0.6 is 0 Å². The van der Waals surface area contributed by atoms with Gasteiger partial charge in [-0.3, -0.25) is 4.79 Å². The minimum atomic E-state index is -0.688. The van der Waals surface area contributed by atoms with Crippen LogP contribution in [0.25, 0.3) is 0 Å². The van der Waals surface area contributed by atoms with Gasteiger partial charge >= 0.3 is 12.1 Å². The highest BCUT2D eigenvalue weighted by molar-refractivity contribution is 5.88. The van der Waals surface area contributed by atoms with Crippen LogP contribution in [0.1, 0.15) is 38.1 Å². The van der Waals surface area contributed by atoms with E-state index in [4.69, 9.17) is 4.74 Å². The first-order valence-electron chi connectivity index (χ1n) is 6.91. The van der Waals surface area contributed by atoms with Crippen molar-refractivity contribution in [2.75, 3.05) is 7.11 Å². The normalized spacial score (nSPS) is 12.4. The Balaban J connectivity index is 2.77. The molecular weight excluding hydrogens is 288 g/mol. The first-order valence-corrected chi connectivity index (χ1v) is 6.91. The average Bonchev–Trinajstić information content (AvgIpc) is 2.37. The van der Waals surface area contributed by atoms with Crippen molar-refractivity contribution < 1.29 is 19.1 Å². The lowest BCUT2D eigenvalue weighted by Gasteiger charge is -2.22. The van der Waals surface area contributed by atoms with E-state index in [0.717, 1.165) is 0 Å². The van der Waals surface area contributed by atoms with Gasteiger partial charge in [0, 0.05) is 18.8 Å². The molecule has 0 bridgehead atoms. The second-order valence-corrected chi connectivity index (χ2v) is 5.92. The lowest BCUT2D eigenvalue weighted by molar-refractivity contribution is 0.0501. The molecule has 0 saturated carbocycles. The number of methoxy groups -OCH3 is 1. The molecule has 1 atom stereocenters. The number of aromatic nitrogens is 1. The van der Waals surface area contributed by atoms with Crippen LogP contribution in [0.15, 0.2) is 23.1 Å². The van der Waals surface area contributed by atoms with Gasteiger partial charge in [0.05, 0.1) is 7.11 Å². The summed E-state index contributed by atoms with van der Waals surface area (Å²) in [7, 11) is 1.21. The molecule has 22 heavy (non-hydrogen) atoms. The second-order valence-electron chi connectivity index (χ2n) is 5.92. The number of rotatable bonds is 4. The van der Waals surface area contributed by atoms with E-state index in [9.17, 15) is 14.4 Å². The lowest BCUT2D eigenvalue weighted by Crippen LogP contribution is -2.41. The molecule has 0 radical (unpaired) electrons. The third kappa shape index (κ3) is 5.23. The predicted molar refractivity (Wildman–Crippen MR) is 80.9 cm³/mol. The highest BCUT2D eigenvalue weighted by Crippen LogP contribution is 2.07. The van der Waals surface area contributed by atoms with Gasteiger partial charge in [-0.25, -0.2) is 9.59 Å². The Bertz CT molecular complexity index is 601. The molecule has 1 unspecified atom stereocenters. The Labute approximate surface area is 129 Å². The average molecular weight is 310 g/mol. The van der Waals surface area contributed by atoms with E-state index >= 15 is 0 Å². The van der Waals surface area contributed by atoms with E-state index in [2.05, 4.69) is 10.1 Å². The van der Waals surface area contributed by atoms with Crippen LogP contribution in [0.4, 0.5) is 4.79 Å². The maximum absolute atomic E-state index is 12.1. The van der Waals surface area contributed by atoms with Crippen LogP contribution in [0.3, 0.4) is 0 Å². The Kier molecular flexibility index (Phi) is 5.73. The van der Waals surface area contributed by atoms with Gasteiger partial charge in [0.25, 0.3) is 5.56 Å². The summed E-state index contributed by atoms with van der Waals surface area (Å²) in [6, 6.07) is 2.63. The van der Waals surface area contributed by atoms with Crippen molar-refractivity contribution in [3.63, 3.8) is 0 Å². The number of esters is 1. The fraction of sp³-hybridized carbons (Fsp3) is 0.533. The molecule has 1 rings (SSSR count). The molecule has 0 aliphatic carbocycles. The van der Waals surface area contributed by atoms with E-state index in [0.29, 0.717) is 0 Å². The van der Waals surface area contributed by atoms with E-state index < -0.39 is 23.2 Å². The van der Waals surface area contributed by atoms with Crippen LogP contribution in [-0.2, 0) is 16.0 Å². The molecule has 1 N–H and O–H groups in total. The third-order valence-electron chi connectivity index (χ3n) is 2.66. The van der Waals surface area contributed by atoms with E-state index in [1.165, 1.54) is 17.7 Å². The quantitative estimate of drug-likeness (QED) is 0.853. The van der Waals surface area contributed by atoms with Crippen LogP contribution in [-0.4, -0.2) is 35.4 Å². The number of hydrogen-bond acceptors (Lipinski definition) is 5. The van der Waals surface area contributed by atoms with Gasteiger partial charge in [0.15, 0.2) is 0 Å². The Morgan fingerprint density at radius 2 is 2.00 bits per heavy atom. The van der Waals surface area contributed by atoms with Crippen LogP contribution < -0.4 is 10.9 Å². The first kappa shape index (κ1) is 17.7. The van der Waals surface area contributed by atoms with Crippen molar-refractivity contribution in [3.05, 3.63) is 34.2 Å². The summed E-state index contributed by atoms with van der Waals surface area (Å²) in [5.41, 5.74) is -1.10. The zero-order chi connectivity index (χ0) is 16.9. The number of nitrogens with one attached hydrogen (secondary N) is 1. The maximum atomic E-state index is 12.1. The standard InChI is InChI=1S/C15H22N2O5/c1-10(16-14(20)22-15(2,3)4)9-17-8-6-7-11(12(17)18)13(19)21-5/h6-8,10H,9H2,1-5H3,(H,16,20). The fourth-order valence-electron chi connectivity index (χ4n) is 1.80. The van der Waals surface area contributed by atoms with Gasteiger partial charge in [-0.2, -0.15) is 0 Å². The summed E-state index contributed by atoms with van der Waals surface area (Å²) in [5.74, 6) is -0.688. The molecule has 1 amide bonds. The smallest absolute Gasteiger partial charge is 0.407 e. The Morgan fingerprint density at radius 3 is 2.55 bits per heavy atom. The van der Waals surface area contributed by atoms with Gasteiger partial charge in [0.2, 0.25) is 0 Å². The Morgan fingerprint density at radius 1 is 1.36 bits per heavy atom. The number of ether oxygens (including phenoxy) is 2. The number of carbonyl (C=O) groups excluding carboxylic acids is 2. The van der Waals surface area contributed by atoms with Crippen LogP contribution in [0.2, 0.25) is 0 Å². The molecule has 7 nitrogen and oxygen atoms in total. The summed E-state index contributed by atoms with van der Waals surface area (Å²) in [4.78, 5) is 35.3. The van der Waals surface area contributed by atoms with Gasteiger partial charge in [-0.05, 0) is 39.8 Å². The van der Waals surface area contributed by atoms with E-state index in [1.54, 1.807) is 40.0 Å². The van der Waals surface area contributed by atoms with Gasteiger partial charge in [-0.1, -0.05) is 0 Å². The monoisotopic (exact) mass is 310 g/mol. The van der Waals surface area contributed by atoms with E-state index in [1.807, 2.05) is 0 Å². The van der Waals surface area contributed by atoms with Gasteiger partial charge in [-0.15, -0.1) is 0 Å². The minimum absolute atomic E-state index is 0.0468. The van der Waals surface area contributed by atoms with Gasteiger partial charge in [0.1, 0.15) is 11.2 Å². The zero-order valence-electron chi connectivity index (χ0n) is 13.5.